The molecule has 1 aromatic rings. The lowest BCUT2D eigenvalue weighted by Crippen LogP contribution is -2.44. The van der Waals surface area contributed by atoms with Gasteiger partial charge in [-0.3, -0.25) is 9.59 Å². The van der Waals surface area contributed by atoms with Gasteiger partial charge in [0.05, 0.1) is 15.7 Å². The maximum Gasteiger partial charge on any atom is 0.308 e. The molecule has 19 heavy (non-hydrogen) atoms. The fourth-order valence-corrected chi connectivity index (χ4v) is 4.71. The van der Waals surface area contributed by atoms with Gasteiger partial charge in [0, 0.05) is 22.3 Å². The van der Waals surface area contributed by atoms with Crippen LogP contribution in [-0.4, -0.2) is 28.4 Å². The molecule has 1 fully saturated rings. The Bertz CT molecular complexity index is 496. The lowest BCUT2D eigenvalue weighted by Gasteiger charge is -2.38. The van der Waals surface area contributed by atoms with E-state index in [0.717, 1.165) is 13.1 Å². The van der Waals surface area contributed by atoms with Crippen LogP contribution in [0, 0.1) is 5.92 Å². The molecule has 0 aliphatic carbocycles. The summed E-state index contributed by atoms with van der Waals surface area (Å²) in [5.41, 5.74) is 0. The summed E-state index contributed by atoms with van der Waals surface area (Å²) in [6.45, 7) is 2.41. The third-order valence-corrected chi connectivity index (χ3v) is 6.65. The molecule has 0 saturated carbocycles. The molecule has 2 heterocycles. The highest BCUT2D eigenvalue weighted by molar-refractivity contribution is 9.13. The zero-order valence-corrected chi connectivity index (χ0v) is 14.2. The van der Waals surface area contributed by atoms with E-state index in [2.05, 4.69) is 31.9 Å². The van der Waals surface area contributed by atoms with Crippen LogP contribution in [0.5, 0.6) is 0 Å². The molecule has 2 rings (SSSR count). The summed E-state index contributed by atoms with van der Waals surface area (Å²) < 4.78 is 1.81. The number of thiophene rings is 1. The average molecular weight is 411 g/mol. The van der Waals surface area contributed by atoms with Gasteiger partial charge in [0.15, 0.2) is 0 Å². The Morgan fingerprint density at radius 1 is 1.58 bits per heavy atom. The summed E-state index contributed by atoms with van der Waals surface area (Å²) in [4.78, 5) is 26.0. The molecule has 2 atom stereocenters. The van der Waals surface area contributed by atoms with Crippen molar-refractivity contribution in [3.8, 4) is 0 Å². The highest BCUT2D eigenvalue weighted by atomic mass is 79.9. The number of carbonyl (C=O) groups excluding carboxylic acids is 1. The Balaban J connectivity index is 2.43. The van der Waals surface area contributed by atoms with Crippen LogP contribution in [0.25, 0.3) is 0 Å². The van der Waals surface area contributed by atoms with Crippen molar-refractivity contribution in [3.63, 3.8) is 0 Å². The first-order valence-corrected chi connectivity index (χ1v) is 8.33. The molecule has 1 amide bonds. The van der Waals surface area contributed by atoms with Gasteiger partial charge < -0.3 is 10.0 Å². The molecule has 2 unspecified atom stereocenters. The smallest absolute Gasteiger partial charge is 0.308 e. The molecule has 0 bridgehead atoms. The average Bonchev–Trinajstić information content (AvgIpc) is 2.68. The number of carboxylic acids is 1. The van der Waals surface area contributed by atoms with Crippen LogP contribution in [-0.2, 0) is 9.59 Å². The summed E-state index contributed by atoms with van der Waals surface area (Å²) in [5.74, 6) is -1.34. The fourth-order valence-electron chi connectivity index (χ4n) is 2.45. The molecule has 1 N–H and O–H groups in total. The predicted octanol–water partition coefficient (Wildman–Crippen LogP) is 3.66. The molecule has 1 aromatic heterocycles. The number of likely N-dealkylation sites (tertiary alicyclic amines) is 1. The number of aliphatic carboxylic acids is 1. The molecular formula is C12H13Br2NO3S. The second-order valence-electron chi connectivity index (χ2n) is 4.38. The van der Waals surface area contributed by atoms with Gasteiger partial charge >= 0.3 is 5.97 Å². The Morgan fingerprint density at radius 2 is 2.26 bits per heavy atom. The first kappa shape index (κ1) is 15.0. The standard InChI is InChI=1S/C12H13Br2NO3S/c1-2-15-9(16)4-3-6(12(17)18)10(15)8-5-7(13)11(14)19-8/h5-6,10H,2-4H2,1H3,(H,17,18). The zero-order chi connectivity index (χ0) is 14.2. The number of halogens is 2. The molecule has 0 radical (unpaired) electrons. The van der Waals surface area contributed by atoms with Gasteiger partial charge in [0.2, 0.25) is 5.91 Å². The molecule has 0 spiro atoms. The monoisotopic (exact) mass is 409 g/mol. The van der Waals surface area contributed by atoms with E-state index in [9.17, 15) is 14.7 Å². The lowest BCUT2D eigenvalue weighted by molar-refractivity contribution is -0.151. The van der Waals surface area contributed by atoms with E-state index in [-0.39, 0.29) is 11.9 Å². The number of carbonyl (C=O) groups is 2. The summed E-state index contributed by atoms with van der Waals surface area (Å²) in [6.07, 6.45) is 0.720. The van der Waals surface area contributed by atoms with Crippen LogP contribution < -0.4 is 0 Å². The number of amides is 1. The van der Waals surface area contributed by atoms with E-state index in [0.29, 0.717) is 19.4 Å². The minimum Gasteiger partial charge on any atom is -0.481 e. The van der Waals surface area contributed by atoms with Gasteiger partial charge in [0.1, 0.15) is 0 Å². The van der Waals surface area contributed by atoms with Gasteiger partial charge in [0.25, 0.3) is 0 Å². The number of rotatable bonds is 3. The third kappa shape index (κ3) is 2.87. The van der Waals surface area contributed by atoms with Crippen LogP contribution in [0.3, 0.4) is 0 Å². The Labute approximate surface area is 132 Å². The van der Waals surface area contributed by atoms with Gasteiger partial charge in [-0.15, -0.1) is 11.3 Å². The summed E-state index contributed by atoms with van der Waals surface area (Å²) >= 11 is 8.30. The molecule has 1 saturated heterocycles. The number of carboxylic acid groups (broad SMARTS) is 1. The minimum atomic E-state index is -0.836. The van der Waals surface area contributed by atoms with E-state index in [1.165, 1.54) is 11.3 Å². The van der Waals surface area contributed by atoms with Crippen molar-refractivity contribution in [1.82, 2.24) is 4.90 Å². The van der Waals surface area contributed by atoms with Crippen molar-refractivity contribution in [2.75, 3.05) is 6.54 Å². The molecule has 1 aliphatic heterocycles. The van der Waals surface area contributed by atoms with Crippen LogP contribution in [0.2, 0.25) is 0 Å². The Kier molecular flexibility index (Phi) is 4.68. The minimum absolute atomic E-state index is 0.0330. The molecule has 4 nitrogen and oxygen atoms in total. The third-order valence-electron chi connectivity index (χ3n) is 3.32. The Morgan fingerprint density at radius 3 is 2.74 bits per heavy atom. The summed E-state index contributed by atoms with van der Waals surface area (Å²) in [7, 11) is 0. The van der Waals surface area contributed by atoms with Crippen LogP contribution >= 0.6 is 43.2 Å². The first-order chi connectivity index (χ1) is 8.95. The maximum atomic E-state index is 12.0. The fraction of sp³-hybridized carbons (Fsp3) is 0.500. The Hall–Kier alpha value is -0.400. The second kappa shape index (κ2) is 5.93. The van der Waals surface area contributed by atoms with E-state index in [1.807, 2.05) is 13.0 Å². The van der Waals surface area contributed by atoms with Crippen molar-refractivity contribution < 1.29 is 14.7 Å². The normalized spacial score (nSPS) is 23.7. The van der Waals surface area contributed by atoms with E-state index in [1.54, 1.807) is 4.90 Å². The number of piperidine rings is 1. The van der Waals surface area contributed by atoms with Crippen LogP contribution in [0.4, 0.5) is 0 Å². The van der Waals surface area contributed by atoms with Crippen molar-refractivity contribution in [1.29, 1.82) is 0 Å². The molecular weight excluding hydrogens is 398 g/mol. The van der Waals surface area contributed by atoms with Gasteiger partial charge in [-0.2, -0.15) is 0 Å². The number of hydrogen-bond acceptors (Lipinski definition) is 3. The van der Waals surface area contributed by atoms with Gasteiger partial charge in [-0.25, -0.2) is 0 Å². The van der Waals surface area contributed by atoms with Crippen molar-refractivity contribution in [2.45, 2.75) is 25.8 Å². The summed E-state index contributed by atoms with van der Waals surface area (Å²) in [6, 6.07) is 1.53. The van der Waals surface area contributed by atoms with Gasteiger partial charge in [-0.05, 0) is 51.3 Å². The topological polar surface area (TPSA) is 57.6 Å². The van der Waals surface area contributed by atoms with Crippen molar-refractivity contribution >= 4 is 55.1 Å². The molecule has 1 aliphatic rings. The number of nitrogens with zero attached hydrogens (tertiary/aromatic N) is 1. The molecule has 0 aromatic carbocycles. The lowest BCUT2D eigenvalue weighted by atomic mass is 9.88. The van der Waals surface area contributed by atoms with Crippen LogP contribution in [0.15, 0.2) is 14.3 Å². The quantitative estimate of drug-likeness (QED) is 0.827. The van der Waals surface area contributed by atoms with E-state index in [4.69, 9.17) is 0 Å². The van der Waals surface area contributed by atoms with Gasteiger partial charge in [-0.1, -0.05) is 0 Å². The molecule has 7 heteroatoms. The second-order valence-corrected chi connectivity index (χ2v) is 7.63. The first-order valence-electron chi connectivity index (χ1n) is 5.92. The highest BCUT2D eigenvalue weighted by Gasteiger charge is 2.40. The largest absolute Gasteiger partial charge is 0.481 e. The highest BCUT2D eigenvalue weighted by Crippen LogP contribution is 2.43. The summed E-state index contributed by atoms with van der Waals surface area (Å²) in [5, 5.41) is 9.39. The van der Waals surface area contributed by atoms with E-state index < -0.39 is 11.9 Å². The zero-order valence-electron chi connectivity index (χ0n) is 10.2. The van der Waals surface area contributed by atoms with Crippen molar-refractivity contribution in [3.05, 3.63) is 19.2 Å². The predicted molar refractivity (Wildman–Crippen MR) is 80.2 cm³/mol. The maximum absolute atomic E-state index is 12.0. The SMILES string of the molecule is CCN1C(=O)CCC(C(=O)O)C1c1cc(Br)c(Br)s1. The van der Waals surface area contributed by atoms with E-state index >= 15 is 0 Å². The van der Waals surface area contributed by atoms with Crippen LogP contribution in [0.1, 0.15) is 30.7 Å². The van der Waals surface area contributed by atoms with Crippen molar-refractivity contribution in [2.24, 2.45) is 5.92 Å². The molecule has 104 valence electrons. The number of hydrogen-bond donors (Lipinski definition) is 1.